The lowest BCUT2D eigenvalue weighted by Gasteiger charge is -2.49. The molecule has 1 heterocycles. The van der Waals surface area contributed by atoms with Crippen molar-refractivity contribution >= 4 is 5.97 Å². The largest absolute Gasteiger partial charge is 0.479 e. The van der Waals surface area contributed by atoms with Crippen LogP contribution in [0.5, 0.6) is 5.75 Å². The van der Waals surface area contributed by atoms with E-state index in [0.29, 0.717) is 29.9 Å². The van der Waals surface area contributed by atoms with Gasteiger partial charge < -0.3 is 35.0 Å². The molecule has 8 nitrogen and oxygen atoms in total. The van der Waals surface area contributed by atoms with E-state index < -0.39 is 42.8 Å². The molecule has 0 radical (unpaired) electrons. The zero-order valence-electron chi connectivity index (χ0n) is 18.1. The number of rotatable bonds is 3. The van der Waals surface area contributed by atoms with Crippen molar-refractivity contribution < 1.29 is 39.8 Å². The lowest BCUT2D eigenvalue weighted by Crippen LogP contribution is -2.53. The van der Waals surface area contributed by atoms with Gasteiger partial charge in [-0.15, -0.1) is 0 Å². The van der Waals surface area contributed by atoms with Crippen LogP contribution in [0, 0.1) is 17.3 Å². The van der Waals surface area contributed by atoms with Gasteiger partial charge >= 0.3 is 5.97 Å². The molecule has 0 spiro atoms. The van der Waals surface area contributed by atoms with E-state index in [0.717, 1.165) is 25.7 Å². The second-order valence-electron chi connectivity index (χ2n) is 10.3. The Morgan fingerprint density at radius 1 is 1.12 bits per heavy atom. The van der Waals surface area contributed by atoms with Gasteiger partial charge in [0.15, 0.2) is 6.10 Å². The molecule has 1 aromatic carbocycles. The number of aliphatic hydroxyl groups is 4. The molecule has 2 saturated carbocycles. The summed E-state index contributed by atoms with van der Waals surface area (Å²) in [6, 6.07) is 5.88. The van der Waals surface area contributed by atoms with Crippen LogP contribution in [0.25, 0.3) is 0 Å². The minimum Gasteiger partial charge on any atom is -0.479 e. The maximum absolute atomic E-state index is 11.3. The third-order valence-corrected chi connectivity index (χ3v) is 8.62. The zero-order chi connectivity index (χ0) is 22.8. The molecule has 10 unspecified atom stereocenters. The molecule has 1 saturated heterocycles. The van der Waals surface area contributed by atoms with Crippen LogP contribution in [0.3, 0.4) is 0 Å². The van der Waals surface area contributed by atoms with Crippen LogP contribution >= 0.6 is 0 Å². The number of hydrogen-bond donors (Lipinski definition) is 5. The first-order valence-electron chi connectivity index (χ1n) is 11.6. The molecular weight excluding hydrogens is 416 g/mol. The highest BCUT2D eigenvalue weighted by atomic mass is 16.7. The number of benzene rings is 1. The van der Waals surface area contributed by atoms with Crippen molar-refractivity contribution in [2.24, 2.45) is 17.3 Å². The Bertz CT molecular complexity index is 889. The average Bonchev–Trinajstić information content (AvgIpc) is 2.99. The first-order valence-corrected chi connectivity index (χ1v) is 11.6. The topological polar surface area (TPSA) is 137 Å². The summed E-state index contributed by atoms with van der Waals surface area (Å²) in [6.07, 6.45) is -2.12. The van der Waals surface area contributed by atoms with Gasteiger partial charge in [-0.2, -0.15) is 0 Å². The number of hydrogen-bond acceptors (Lipinski definition) is 7. The van der Waals surface area contributed by atoms with Crippen LogP contribution < -0.4 is 4.74 Å². The molecule has 10 atom stereocenters. The lowest BCUT2D eigenvalue weighted by molar-refractivity contribution is -0.228. The predicted molar refractivity (Wildman–Crippen MR) is 112 cm³/mol. The van der Waals surface area contributed by atoms with Crippen molar-refractivity contribution in [1.29, 1.82) is 0 Å². The highest BCUT2D eigenvalue weighted by molar-refractivity contribution is 5.73. The van der Waals surface area contributed by atoms with Crippen LogP contribution in [-0.4, -0.2) is 68.3 Å². The van der Waals surface area contributed by atoms with Gasteiger partial charge in [0.25, 0.3) is 0 Å². The molecule has 32 heavy (non-hydrogen) atoms. The maximum Gasteiger partial charge on any atom is 0.335 e. The molecular formula is C24H32O8. The highest BCUT2D eigenvalue weighted by Crippen LogP contribution is 2.61. The summed E-state index contributed by atoms with van der Waals surface area (Å²) in [5.74, 6) is 0.351. The molecule has 0 amide bonds. The standard InChI is InChI=1S/C24H32O8/c1-24-7-6-14-13-5-3-12(31-19-10-17(25)20(27)21(32-19)23(29)30)8-11(13)2-4-15(14)16(24)9-18(26)22(24)28/h3,5,8,14-22,25-28H,2,4,6-7,9-10H2,1H3,(H,29,30). The van der Waals surface area contributed by atoms with Crippen LogP contribution in [0.15, 0.2) is 18.2 Å². The summed E-state index contributed by atoms with van der Waals surface area (Å²) in [6.45, 7) is 2.13. The Morgan fingerprint density at radius 3 is 2.66 bits per heavy atom. The van der Waals surface area contributed by atoms with E-state index in [4.69, 9.17) is 9.47 Å². The Labute approximate surface area is 186 Å². The fourth-order valence-corrected chi connectivity index (χ4v) is 6.89. The second-order valence-corrected chi connectivity index (χ2v) is 10.3. The van der Waals surface area contributed by atoms with Gasteiger partial charge in [-0.3, -0.25) is 0 Å². The van der Waals surface area contributed by atoms with Crippen LogP contribution in [0.1, 0.15) is 56.1 Å². The van der Waals surface area contributed by atoms with Gasteiger partial charge in [-0.25, -0.2) is 4.79 Å². The summed E-state index contributed by atoms with van der Waals surface area (Å²) >= 11 is 0. The average molecular weight is 449 g/mol. The molecule has 3 aliphatic carbocycles. The molecule has 8 heteroatoms. The number of aliphatic hydroxyl groups excluding tert-OH is 4. The minimum atomic E-state index is -1.53. The van der Waals surface area contributed by atoms with Crippen LogP contribution in [-0.2, 0) is 16.0 Å². The van der Waals surface area contributed by atoms with Gasteiger partial charge in [-0.05, 0) is 78.5 Å². The number of carboxylic acid groups (broad SMARTS) is 1. The Balaban J connectivity index is 1.32. The molecule has 5 rings (SSSR count). The second kappa shape index (κ2) is 7.95. The van der Waals surface area contributed by atoms with E-state index in [9.17, 15) is 30.3 Å². The summed E-state index contributed by atoms with van der Waals surface area (Å²) in [5, 5.41) is 49.9. The minimum absolute atomic E-state index is 0.0162. The number of carboxylic acids is 1. The Hall–Kier alpha value is -1.71. The van der Waals surface area contributed by atoms with Crippen molar-refractivity contribution in [3.63, 3.8) is 0 Å². The maximum atomic E-state index is 11.3. The van der Waals surface area contributed by atoms with E-state index >= 15 is 0 Å². The summed E-state index contributed by atoms with van der Waals surface area (Å²) < 4.78 is 11.2. The molecule has 5 N–H and O–H groups in total. The monoisotopic (exact) mass is 448 g/mol. The van der Waals surface area contributed by atoms with Gasteiger partial charge in [0.2, 0.25) is 6.29 Å². The van der Waals surface area contributed by atoms with Crippen LogP contribution in [0.4, 0.5) is 0 Å². The number of fused-ring (bicyclic) bond motifs is 5. The van der Waals surface area contributed by atoms with Crippen molar-refractivity contribution in [1.82, 2.24) is 0 Å². The normalized spacial score (nSPS) is 45.5. The van der Waals surface area contributed by atoms with Crippen molar-refractivity contribution in [2.75, 3.05) is 0 Å². The zero-order valence-corrected chi connectivity index (χ0v) is 18.1. The molecule has 3 fully saturated rings. The molecule has 1 aromatic rings. The van der Waals surface area contributed by atoms with Crippen LogP contribution in [0.2, 0.25) is 0 Å². The van der Waals surface area contributed by atoms with Crippen molar-refractivity contribution in [3.8, 4) is 5.75 Å². The summed E-state index contributed by atoms with van der Waals surface area (Å²) in [5.41, 5.74) is 2.26. The van der Waals surface area contributed by atoms with Gasteiger partial charge in [0.1, 0.15) is 11.9 Å². The van der Waals surface area contributed by atoms with E-state index in [1.165, 1.54) is 11.1 Å². The van der Waals surface area contributed by atoms with E-state index in [1.807, 2.05) is 12.1 Å². The van der Waals surface area contributed by atoms with E-state index in [2.05, 4.69) is 13.0 Å². The smallest absolute Gasteiger partial charge is 0.335 e. The van der Waals surface area contributed by atoms with Gasteiger partial charge in [0.05, 0.1) is 18.3 Å². The number of aryl methyl sites for hydroxylation is 1. The number of carbonyl (C=O) groups is 1. The number of ether oxygens (including phenoxy) is 2. The lowest BCUT2D eigenvalue weighted by atomic mass is 9.55. The molecule has 1 aliphatic heterocycles. The van der Waals surface area contributed by atoms with E-state index in [1.54, 1.807) is 0 Å². The number of aliphatic carboxylic acids is 1. The predicted octanol–water partition coefficient (Wildman–Crippen LogP) is 1.17. The molecule has 176 valence electrons. The van der Waals surface area contributed by atoms with Crippen molar-refractivity contribution in [3.05, 3.63) is 29.3 Å². The molecule has 0 aromatic heterocycles. The molecule has 0 bridgehead atoms. The summed E-state index contributed by atoms with van der Waals surface area (Å²) in [4.78, 5) is 11.3. The Kier molecular flexibility index (Phi) is 5.49. The van der Waals surface area contributed by atoms with Gasteiger partial charge in [0, 0.05) is 6.42 Å². The third kappa shape index (κ3) is 3.44. The van der Waals surface area contributed by atoms with E-state index in [-0.39, 0.29) is 11.8 Å². The quantitative estimate of drug-likeness (QED) is 0.465. The first kappa shape index (κ1) is 22.1. The molecule has 4 aliphatic rings. The summed E-state index contributed by atoms with van der Waals surface area (Å²) in [7, 11) is 0. The Morgan fingerprint density at radius 2 is 1.91 bits per heavy atom. The fraction of sp³-hybridized carbons (Fsp3) is 0.708. The first-order chi connectivity index (χ1) is 15.2. The van der Waals surface area contributed by atoms with Crippen molar-refractivity contribution in [2.45, 2.75) is 88.2 Å². The van der Waals surface area contributed by atoms with Gasteiger partial charge in [-0.1, -0.05) is 13.0 Å². The highest BCUT2D eigenvalue weighted by Gasteiger charge is 2.57. The fourth-order valence-electron chi connectivity index (χ4n) is 6.89. The SMILES string of the molecule is CC12CCC3c4ccc(OC5CC(O)C(O)C(C(=O)O)O5)cc4CCC3C1CC(O)C2O. The third-order valence-electron chi connectivity index (χ3n) is 8.62.